The van der Waals surface area contributed by atoms with E-state index >= 15 is 0 Å². The fraction of sp³-hybridized carbons (Fsp3) is 0.375. The average Bonchev–Trinajstić information content (AvgIpc) is 2.43. The van der Waals surface area contributed by atoms with Crippen molar-refractivity contribution in [2.45, 2.75) is 32.7 Å². The van der Waals surface area contributed by atoms with Crippen LogP contribution in [0.2, 0.25) is 0 Å². The maximum atomic E-state index is 4.56. The molecule has 2 aromatic rings. The van der Waals surface area contributed by atoms with E-state index in [1.165, 1.54) is 5.56 Å². The van der Waals surface area contributed by atoms with Gasteiger partial charge in [-0.05, 0) is 50.1 Å². The molecular weight excluding hydrogens is 314 g/mol. The Morgan fingerprint density at radius 2 is 2.15 bits per heavy atom. The van der Waals surface area contributed by atoms with Crippen LogP contribution in [0.5, 0.6) is 0 Å². The van der Waals surface area contributed by atoms with Gasteiger partial charge in [-0.1, -0.05) is 35.0 Å². The number of rotatable bonds is 6. The second-order valence-corrected chi connectivity index (χ2v) is 5.79. The fourth-order valence-corrected chi connectivity index (χ4v) is 2.61. The van der Waals surface area contributed by atoms with Gasteiger partial charge in [0.2, 0.25) is 0 Å². The molecule has 1 aromatic heterocycles. The predicted octanol–water partition coefficient (Wildman–Crippen LogP) is 3.83. The Morgan fingerprint density at radius 3 is 2.85 bits per heavy atom. The summed E-state index contributed by atoms with van der Waals surface area (Å²) >= 11 is 3.53. The average molecular weight is 334 g/mol. The molecule has 0 fully saturated rings. The molecule has 0 aliphatic carbocycles. The summed E-state index contributed by atoms with van der Waals surface area (Å²) in [6, 6.07) is 10.7. The van der Waals surface area contributed by atoms with Crippen LogP contribution in [0.1, 0.15) is 36.5 Å². The quantitative estimate of drug-likeness (QED) is 0.872. The SMILES string of the molecule is CCCNC(Cc1cccc(Br)c1)c1ccnc(C)n1. The number of benzene rings is 1. The molecule has 1 atom stereocenters. The van der Waals surface area contributed by atoms with Crippen LogP contribution >= 0.6 is 15.9 Å². The molecule has 1 aromatic carbocycles. The number of nitrogens with zero attached hydrogens (tertiary/aromatic N) is 2. The molecule has 2 rings (SSSR count). The molecule has 106 valence electrons. The van der Waals surface area contributed by atoms with Crippen LogP contribution in [0, 0.1) is 6.92 Å². The molecule has 0 saturated heterocycles. The van der Waals surface area contributed by atoms with Gasteiger partial charge in [0.25, 0.3) is 0 Å². The summed E-state index contributed by atoms with van der Waals surface area (Å²) < 4.78 is 1.11. The lowest BCUT2D eigenvalue weighted by Crippen LogP contribution is -2.25. The van der Waals surface area contributed by atoms with Crippen molar-refractivity contribution >= 4 is 15.9 Å². The van der Waals surface area contributed by atoms with Crippen molar-refractivity contribution in [1.29, 1.82) is 0 Å². The van der Waals surface area contributed by atoms with E-state index in [1.807, 2.05) is 25.3 Å². The standard InChI is InChI=1S/C16H20BrN3/c1-3-8-19-16(15-7-9-18-12(2)20-15)11-13-5-4-6-14(17)10-13/h4-7,9-10,16,19H,3,8,11H2,1-2H3. The largest absolute Gasteiger partial charge is 0.308 e. The van der Waals surface area contributed by atoms with E-state index < -0.39 is 0 Å². The van der Waals surface area contributed by atoms with Crippen molar-refractivity contribution in [3.05, 3.63) is 58.1 Å². The van der Waals surface area contributed by atoms with E-state index in [-0.39, 0.29) is 6.04 Å². The monoisotopic (exact) mass is 333 g/mol. The number of halogens is 1. The van der Waals surface area contributed by atoms with Crippen LogP contribution in [0.4, 0.5) is 0 Å². The number of aryl methyl sites for hydroxylation is 1. The van der Waals surface area contributed by atoms with Gasteiger partial charge >= 0.3 is 0 Å². The number of hydrogen-bond donors (Lipinski definition) is 1. The zero-order valence-corrected chi connectivity index (χ0v) is 13.5. The fourth-order valence-electron chi connectivity index (χ4n) is 2.17. The van der Waals surface area contributed by atoms with Gasteiger partial charge in [-0.15, -0.1) is 0 Å². The first kappa shape index (κ1) is 15.1. The third kappa shape index (κ3) is 4.39. The summed E-state index contributed by atoms with van der Waals surface area (Å²) in [5, 5.41) is 3.58. The zero-order valence-electron chi connectivity index (χ0n) is 11.9. The van der Waals surface area contributed by atoms with Crippen molar-refractivity contribution in [1.82, 2.24) is 15.3 Å². The van der Waals surface area contributed by atoms with E-state index in [0.29, 0.717) is 0 Å². The van der Waals surface area contributed by atoms with Crippen LogP contribution in [-0.2, 0) is 6.42 Å². The first-order valence-corrected chi connectivity index (χ1v) is 7.75. The first-order valence-electron chi connectivity index (χ1n) is 6.96. The summed E-state index contributed by atoms with van der Waals surface area (Å²) in [5.41, 5.74) is 2.36. The number of aromatic nitrogens is 2. The molecule has 4 heteroatoms. The molecular formula is C16H20BrN3. The van der Waals surface area contributed by atoms with E-state index in [1.54, 1.807) is 0 Å². The molecule has 20 heavy (non-hydrogen) atoms. The molecule has 0 amide bonds. The Bertz CT molecular complexity index is 557. The highest BCUT2D eigenvalue weighted by Crippen LogP contribution is 2.19. The second kappa shape index (κ2) is 7.50. The highest BCUT2D eigenvalue weighted by molar-refractivity contribution is 9.10. The van der Waals surface area contributed by atoms with Crippen molar-refractivity contribution < 1.29 is 0 Å². The Morgan fingerprint density at radius 1 is 1.30 bits per heavy atom. The van der Waals surface area contributed by atoms with Crippen LogP contribution in [0.25, 0.3) is 0 Å². The maximum Gasteiger partial charge on any atom is 0.125 e. The minimum absolute atomic E-state index is 0.228. The van der Waals surface area contributed by atoms with Gasteiger partial charge in [0.1, 0.15) is 5.82 Å². The van der Waals surface area contributed by atoms with Crippen LogP contribution < -0.4 is 5.32 Å². The van der Waals surface area contributed by atoms with E-state index in [4.69, 9.17) is 0 Å². The third-order valence-corrected chi connectivity index (χ3v) is 3.62. The molecule has 0 radical (unpaired) electrons. The maximum absolute atomic E-state index is 4.56. The van der Waals surface area contributed by atoms with E-state index in [0.717, 1.165) is 35.4 Å². The highest BCUT2D eigenvalue weighted by atomic mass is 79.9. The van der Waals surface area contributed by atoms with Crippen molar-refractivity contribution in [3.63, 3.8) is 0 Å². The summed E-state index contributed by atoms with van der Waals surface area (Å²) in [6.07, 6.45) is 3.87. The van der Waals surface area contributed by atoms with Gasteiger partial charge in [-0.3, -0.25) is 0 Å². The Balaban J connectivity index is 2.19. The molecule has 0 saturated carbocycles. The molecule has 1 unspecified atom stereocenters. The zero-order chi connectivity index (χ0) is 14.4. The Kier molecular flexibility index (Phi) is 5.68. The molecule has 0 aliphatic heterocycles. The Hall–Kier alpha value is -1.26. The normalized spacial score (nSPS) is 12.3. The lowest BCUT2D eigenvalue weighted by molar-refractivity contribution is 0.515. The van der Waals surface area contributed by atoms with Gasteiger partial charge in [0, 0.05) is 10.7 Å². The van der Waals surface area contributed by atoms with Crippen LogP contribution in [0.15, 0.2) is 41.0 Å². The predicted molar refractivity (Wildman–Crippen MR) is 85.6 cm³/mol. The highest BCUT2D eigenvalue weighted by Gasteiger charge is 2.13. The van der Waals surface area contributed by atoms with Gasteiger partial charge in [0.05, 0.1) is 11.7 Å². The van der Waals surface area contributed by atoms with Gasteiger partial charge in [-0.2, -0.15) is 0 Å². The summed E-state index contributed by atoms with van der Waals surface area (Å²) in [6.45, 7) is 5.09. The molecule has 1 N–H and O–H groups in total. The Labute approximate surface area is 129 Å². The van der Waals surface area contributed by atoms with Gasteiger partial charge in [0.15, 0.2) is 0 Å². The lowest BCUT2D eigenvalue weighted by atomic mass is 10.0. The van der Waals surface area contributed by atoms with Crippen molar-refractivity contribution in [2.24, 2.45) is 0 Å². The number of hydrogen-bond acceptors (Lipinski definition) is 3. The minimum atomic E-state index is 0.228. The van der Waals surface area contributed by atoms with Crippen molar-refractivity contribution in [3.8, 4) is 0 Å². The molecule has 0 aliphatic rings. The van der Waals surface area contributed by atoms with Crippen LogP contribution in [0.3, 0.4) is 0 Å². The summed E-state index contributed by atoms with van der Waals surface area (Å²) in [5.74, 6) is 0.819. The topological polar surface area (TPSA) is 37.8 Å². The molecule has 3 nitrogen and oxygen atoms in total. The second-order valence-electron chi connectivity index (χ2n) is 4.87. The minimum Gasteiger partial charge on any atom is -0.308 e. The number of nitrogens with one attached hydrogen (secondary N) is 1. The van der Waals surface area contributed by atoms with Gasteiger partial charge < -0.3 is 5.32 Å². The van der Waals surface area contributed by atoms with Crippen molar-refractivity contribution in [2.75, 3.05) is 6.54 Å². The summed E-state index contributed by atoms with van der Waals surface area (Å²) in [4.78, 5) is 8.74. The van der Waals surface area contributed by atoms with Gasteiger partial charge in [-0.25, -0.2) is 9.97 Å². The molecule has 0 bridgehead atoms. The third-order valence-electron chi connectivity index (χ3n) is 3.12. The smallest absolute Gasteiger partial charge is 0.125 e. The first-order chi connectivity index (χ1) is 9.69. The summed E-state index contributed by atoms with van der Waals surface area (Å²) in [7, 11) is 0. The van der Waals surface area contributed by atoms with Crippen LogP contribution in [-0.4, -0.2) is 16.5 Å². The lowest BCUT2D eigenvalue weighted by Gasteiger charge is -2.18. The van der Waals surface area contributed by atoms with E-state index in [2.05, 4.69) is 56.3 Å². The molecule has 0 spiro atoms. The van der Waals surface area contributed by atoms with E-state index in [9.17, 15) is 0 Å². The molecule has 1 heterocycles.